The van der Waals surface area contributed by atoms with Gasteiger partial charge in [0.2, 0.25) is 0 Å². The molecule has 1 nitrogen and oxygen atoms in total. The zero-order valence-corrected chi connectivity index (χ0v) is 7.94. The molecule has 0 spiro atoms. The molecule has 0 amide bonds. The molecule has 0 saturated heterocycles. The van der Waals surface area contributed by atoms with E-state index in [0.29, 0.717) is 5.71 Å². The van der Waals surface area contributed by atoms with Crippen LogP contribution in [-0.2, 0) is 0 Å². The van der Waals surface area contributed by atoms with Gasteiger partial charge in [-0.3, -0.25) is 0 Å². The van der Waals surface area contributed by atoms with E-state index >= 15 is 0 Å². The van der Waals surface area contributed by atoms with Gasteiger partial charge in [-0.1, -0.05) is 39.5 Å². The maximum Gasteiger partial charge on any atom is 0.0609 e. The minimum atomic E-state index is 0.0914. The maximum atomic E-state index is 7.58. The van der Waals surface area contributed by atoms with Gasteiger partial charge in [0, 0.05) is 0 Å². The molecule has 1 heteroatoms. The van der Waals surface area contributed by atoms with Crippen LogP contribution in [0.1, 0.15) is 20.8 Å². The summed E-state index contributed by atoms with van der Waals surface area (Å²) in [6, 6.07) is 0. The SMILES string of the molecule is C=C1C(=N)C=CC=C1C(C)(C)C. The van der Waals surface area contributed by atoms with E-state index in [-0.39, 0.29) is 5.41 Å². The lowest BCUT2D eigenvalue weighted by molar-refractivity contribution is 0.514. The lowest BCUT2D eigenvalue weighted by Crippen LogP contribution is -2.16. The van der Waals surface area contributed by atoms with E-state index in [4.69, 9.17) is 5.41 Å². The predicted molar refractivity (Wildman–Crippen MR) is 53.5 cm³/mol. The van der Waals surface area contributed by atoms with E-state index in [1.54, 1.807) is 6.08 Å². The summed E-state index contributed by atoms with van der Waals surface area (Å²) >= 11 is 0. The fraction of sp³-hybridized carbons (Fsp3) is 0.364. The third-order valence-electron chi connectivity index (χ3n) is 1.98. The second kappa shape index (κ2) is 2.74. The molecule has 0 aromatic rings. The van der Waals surface area contributed by atoms with Crippen LogP contribution in [0.5, 0.6) is 0 Å². The average molecular weight is 161 g/mol. The van der Waals surface area contributed by atoms with Crippen LogP contribution in [0.2, 0.25) is 0 Å². The van der Waals surface area contributed by atoms with Crippen LogP contribution in [0.25, 0.3) is 0 Å². The molecule has 1 rings (SSSR count). The Morgan fingerprint density at radius 2 is 1.92 bits per heavy atom. The van der Waals surface area contributed by atoms with Crippen LogP contribution in [0, 0.1) is 10.8 Å². The van der Waals surface area contributed by atoms with E-state index in [0.717, 1.165) is 11.1 Å². The predicted octanol–water partition coefficient (Wildman–Crippen LogP) is 3.10. The fourth-order valence-corrected chi connectivity index (χ4v) is 1.29. The Balaban J connectivity index is 3.07. The lowest BCUT2D eigenvalue weighted by Gasteiger charge is -2.26. The second-order valence-corrected chi connectivity index (χ2v) is 4.08. The van der Waals surface area contributed by atoms with Crippen LogP contribution < -0.4 is 0 Å². The van der Waals surface area contributed by atoms with E-state index < -0.39 is 0 Å². The average Bonchev–Trinajstić information content (AvgIpc) is 1.92. The first-order valence-electron chi connectivity index (χ1n) is 4.10. The Hall–Kier alpha value is -1.11. The molecule has 0 bridgehead atoms. The molecule has 0 aromatic heterocycles. The van der Waals surface area contributed by atoms with Crippen LogP contribution in [0.4, 0.5) is 0 Å². The van der Waals surface area contributed by atoms with Gasteiger partial charge in [-0.15, -0.1) is 0 Å². The molecule has 0 atom stereocenters. The smallest absolute Gasteiger partial charge is 0.0609 e. The van der Waals surface area contributed by atoms with Crippen LogP contribution >= 0.6 is 0 Å². The summed E-state index contributed by atoms with van der Waals surface area (Å²) in [7, 11) is 0. The first-order valence-corrected chi connectivity index (χ1v) is 4.10. The van der Waals surface area contributed by atoms with Crippen molar-refractivity contribution in [2.24, 2.45) is 5.41 Å². The van der Waals surface area contributed by atoms with Gasteiger partial charge in [-0.05, 0) is 22.6 Å². The van der Waals surface area contributed by atoms with Gasteiger partial charge in [-0.2, -0.15) is 0 Å². The standard InChI is InChI=1S/C11H15N/c1-8-9(11(2,3)4)6-5-7-10(8)12/h5-7,12H,1H2,2-4H3. The number of hydrogen-bond donors (Lipinski definition) is 1. The Kier molecular flexibility index (Phi) is 2.05. The van der Waals surface area contributed by atoms with Gasteiger partial charge in [0.1, 0.15) is 0 Å². The van der Waals surface area contributed by atoms with Crippen LogP contribution in [0.15, 0.2) is 36.0 Å². The topological polar surface area (TPSA) is 23.9 Å². The molecule has 0 heterocycles. The number of nitrogens with one attached hydrogen (secondary N) is 1. The summed E-state index contributed by atoms with van der Waals surface area (Å²) in [5.41, 5.74) is 2.64. The number of hydrogen-bond acceptors (Lipinski definition) is 1. The van der Waals surface area contributed by atoms with E-state index in [9.17, 15) is 0 Å². The van der Waals surface area contributed by atoms with Crippen molar-refractivity contribution in [2.75, 3.05) is 0 Å². The van der Waals surface area contributed by atoms with Crippen molar-refractivity contribution in [3.05, 3.63) is 36.0 Å². The molecule has 1 aliphatic rings. The zero-order chi connectivity index (χ0) is 9.35. The van der Waals surface area contributed by atoms with Gasteiger partial charge in [0.15, 0.2) is 0 Å². The maximum absolute atomic E-state index is 7.58. The third kappa shape index (κ3) is 1.55. The Bertz CT molecular complexity index is 285. The number of rotatable bonds is 0. The van der Waals surface area contributed by atoms with Gasteiger partial charge in [0.25, 0.3) is 0 Å². The molecule has 0 unspecified atom stereocenters. The molecular weight excluding hydrogens is 146 g/mol. The monoisotopic (exact) mass is 161 g/mol. The largest absolute Gasteiger partial charge is 0.300 e. The molecule has 1 aliphatic carbocycles. The lowest BCUT2D eigenvalue weighted by atomic mass is 9.79. The molecule has 64 valence electrons. The summed E-state index contributed by atoms with van der Waals surface area (Å²) in [5.74, 6) is 0. The molecule has 0 aliphatic heterocycles. The summed E-state index contributed by atoms with van der Waals surface area (Å²) in [4.78, 5) is 0. The molecular formula is C11H15N. The van der Waals surface area contributed by atoms with Crippen molar-refractivity contribution in [1.82, 2.24) is 0 Å². The molecule has 0 aromatic carbocycles. The Morgan fingerprint density at radius 3 is 2.33 bits per heavy atom. The highest BCUT2D eigenvalue weighted by atomic mass is 14.4. The van der Waals surface area contributed by atoms with E-state index in [1.807, 2.05) is 12.2 Å². The first-order chi connectivity index (χ1) is 5.43. The minimum absolute atomic E-state index is 0.0914. The van der Waals surface area contributed by atoms with Gasteiger partial charge in [0.05, 0.1) is 5.71 Å². The van der Waals surface area contributed by atoms with Gasteiger partial charge in [-0.25, -0.2) is 0 Å². The normalized spacial score (nSPS) is 18.1. The third-order valence-corrected chi connectivity index (χ3v) is 1.98. The van der Waals surface area contributed by atoms with Crippen LogP contribution in [-0.4, -0.2) is 5.71 Å². The summed E-state index contributed by atoms with van der Waals surface area (Å²) in [6.45, 7) is 10.3. The Labute approximate surface area is 74.0 Å². The molecule has 0 saturated carbocycles. The molecule has 12 heavy (non-hydrogen) atoms. The van der Waals surface area contributed by atoms with E-state index in [1.165, 1.54) is 0 Å². The summed E-state index contributed by atoms with van der Waals surface area (Å²) in [5, 5.41) is 7.58. The molecule has 0 radical (unpaired) electrons. The highest BCUT2D eigenvalue weighted by Gasteiger charge is 2.21. The van der Waals surface area contributed by atoms with Crippen molar-refractivity contribution in [1.29, 1.82) is 5.41 Å². The first kappa shape index (κ1) is 8.98. The van der Waals surface area contributed by atoms with Gasteiger partial charge < -0.3 is 5.41 Å². The van der Waals surface area contributed by atoms with Crippen molar-refractivity contribution in [2.45, 2.75) is 20.8 Å². The molecule has 0 fully saturated rings. The van der Waals surface area contributed by atoms with Crippen molar-refractivity contribution in [3.63, 3.8) is 0 Å². The van der Waals surface area contributed by atoms with Crippen molar-refractivity contribution in [3.8, 4) is 0 Å². The zero-order valence-electron chi connectivity index (χ0n) is 7.94. The summed E-state index contributed by atoms with van der Waals surface area (Å²) in [6.07, 6.45) is 5.73. The second-order valence-electron chi connectivity index (χ2n) is 4.08. The van der Waals surface area contributed by atoms with Gasteiger partial charge >= 0.3 is 0 Å². The van der Waals surface area contributed by atoms with Crippen molar-refractivity contribution >= 4 is 5.71 Å². The summed E-state index contributed by atoms with van der Waals surface area (Å²) < 4.78 is 0. The Morgan fingerprint density at radius 1 is 1.33 bits per heavy atom. The van der Waals surface area contributed by atoms with E-state index in [2.05, 4.69) is 27.4 Å². The van der Waals surface area contributed by atoms with Crippen molar-refractivity contribution < 1.29 is 0 Å². The number of allylic oxidation sites excluding steroid dienone is 5. The minimum Gasteiger partial charge on any atom is -0.300 e. The fourth-order valence-electron chi connectivity index (χ4n) is 1.29. The highest BCUT2D eigenvalue weighted by Crippen LogP contribution is 2.32. The van der Waals surface area contributed by atoms with Crippen LogP contribution in [0.3, 0.4) is 0 Å². The highest BCUT2D eigenvalue weighted by molar-refractivity contribution is 6.10. The quantitative estimate of drug-likeness (QED) is 0.564. The molecule has 1 N–H and O–H groups in total.